The van der Waals surface area contributed by atoms with E-state index >= 15 is 0 Å². The largest absolute Gasteiger partial charge is 0.513 e. The number of carbonyl (C=O) groups excluding carboxylic acids is 1. The van der Waals surface area contributed by atoms with Gasteiger partial charge in [0, 0.05) is 13.6 Å². The van der Waals surface area contributed by atoms with Crippen molar-refractivity contribution < 1.29 is 14.3 Å². The number of rotatable bonds is 4. The zero-order valence-corrected chi connectivity index (χ0v) is 12.4. The van der Waals surface area contributed by atoms with Crippen LogP contribution < -0.4 is 0 Å². The fraction of sp³-hybridized carbons (Fsp3) is 0.357. The fourth-order valence-electron chi connectivity index (χ4n) is 1.35. The first-order chi connectivity index (χ1) is 8.42. The topological polar surface area (TPSA) is 35.5 Å². The number of allylic oxidation sites excluding steroid dienone is 1. The van der Waals surface area contributed by atoms with Crippen molar-refractivity contribution in [1.29, 1.82) is 0 Å². The van der Waals surface area contributed by atoms with Crippen LogP contribution in [0.15, 0.2) is 36.4 Å². The Bertz CT molecular complexity index is 418. The average molecular weight is 264 g/mol. The minimum atomic E-state index is -1.22. The summed E-state index contributed by atoms with van der Waals surface area (Å²) < 4.78 is 9.75. The van der Waals surface area contributed by atoms with Gasteiger partial charge in [-0.05, 0) is 12.1 Å². The van der Waals surface area contributed by atoms with Crippen molar-refractivity contribution in [2.45, 2.75) is 25.7 Å². The van der Waals surface area contributed by atoms with Crippen molar-refractivity contribution >= 4 is 20.0 Å². The molecule has 0 aliphatic heterocycles. The second-order valence-electron chi connectivity index (χ2n) is 5.26. The molecular weight excluding hydrogens is 244 g/mol. The van der Waals surface area contributed by atoms with Crippen LogP contribution in [0.4, 0.5) is 4.79 Å². The van der Waals surface area contributed by atoms with Crippen molar-refractivity contribution in [2.75, 3.05) is 7.11 Å². The van der Waals surface area contributed by atoms with E-state index in [1.54, 1.807) is 0 Å². The molecule has 0 atom stereocenters. The van der Waals surface area contributed by atoms with E-state index in [0.717, 1.165) is 11.6 Å². The number of ether oxygens (including phenoxy) is 2. The van der Waals surface area contributed by atoms with Gasteiger partial charge in [0.2, 0.25) is 0 Å². The van der Waals surface area contributed by atoms with E-state index in [1.807, 2.05) is 36.4 Å². The van der Waals surface area contributed by atoms with E-state index in [2.05, 4.69) is 24.4 Å². The van der Waals surface area contributed by atoms with Crippen LogP contribution in [-0.4, -0.2) is 21.3 Å². The quantitative estimate of drug-likeness (QED) is 0.465. The SMILES string of the molecule is COC(=O)OC(=CC[Si](C)(C)C)c1ccccc1. The highest BCUT2D eigenvalue weighted by Gasteiger charge is 2.14. The maximum atomic E-state index is 11.2. The van der Waals surface area contributed by atoms with Crippen LogP contribution in [0.25, 0.3) is 5.76 Å². The number of benzene rings is 1. The predicted molar refractivity (Wildman–Crippen MR) is 76.1 cm³/mol. The van der Waals surface area contributed by atoms with Gasteiger partial charge in [-0.2, -0.15) is 0 Å². The molecule has 1 rings (SSSR count). The Kier molecular flexibility index (Phi) is 5.16. The molecule has 4 heteroatoms. The molecule has 0 N–H and O–H groups in total. The number of hydrogen-bond acceptors (Lipinski definition) is 3. The van der Waals surface area contributed by atoms with Crippen molar-refractivity contribution in [3.05, 3.63) is 42.0 Å². The second-order valence-corrected chi connectivity index (χ2v) is 10.8. The van der Waals surface area contributed by atoms with Gasteiger partial charge in [0.15, 0.2) is 0 Å². The molecule has 1 aromatic rings. The first-order valence-electron chi connectivity index (χ1n) is 5.94. The van der Waals surface area contributed by atoms with Gasteiger partial charge in [0.05, 0.1) is 7.11 Å². The summed E-state index contributed by atoms with van der Waals surface area (Å²) in [5.41, 5.74) is 0.890. The third-order valence-electron chi connectivity index (χ3n) is 2.32. The van der Waals surface area contributed by atoms with Gasteiger partial charge in [-0.15, -0.1) is 0 Å². The maximum absolute atomic E-state index is 11.2. The highest BCUT2D eigenvalue weighted by Crippen LogP contribution is 2.20. The first kappa shape index (κ1) is 14.5. The van der Waals surface area contributed by atoms with Crippen molar-refractivity contribution in [3.8, 4) is 0 Å². The van der Waals surface area contributed by atoms with E-state index in [4.69, 9.17) is 4.74 Å². The summed E-state index contributed by atoms with van der Waals surface area (Å²) in [4.78, 5) is 11.2. The Morgan fingerprint density at radius 3 is 2.33 bits per heavy atom. The van der Waals surface area contributed by atoms with Gasteiger partial charge in [-0.25, -0.2) is 4.79 Å². The lowest BCUT2D eigenvalue weighted by Gasteiger charge is -2.14. The third kappa shape index (κ3) is 5.18. The van der Waals surface area contributed by atoms with Crippen LogP contribution in [0, 0.1) is 0 Å². The smallest absolute Gasteiger partial charge is 0.437 e. The molecule has 18 heavy (non-hydrogen) atoms. The fourth-order valence-corrected chi connectivity index (χ4v) is 2.15. The van der Waals surface area contributed by atoms with E-state index in [1.165, 1.54) is 7.11 Å². The molecule has 0 spiro atoms. The Balaban J connectivity index is 2.92. The Hall–Kier alpha value is -1.55. The van der Waals surface area contributed by atoms with Crippen LogP contribution in [-0.2, 0) is 9.47 Å². The molecule has 0 fully saturated rings. The van der Waals surface area contributed by atoms with Crippen LogP contribution in [0.2, 0.25) is 25.7 Å². The standard InChI is InChI=1S/C14H20O3Si/c1-16-14(15)17-13(10-11-18(2,3)4)12-8-6-5-7-9-12/h5-10H,11H2,1-4H3. The molecule has 0 heterocycles. The molecule has 1 aromatic carbocycles. The van der Waals surface area contributed by atoms with E-state index < -0.39 is 14.2 Å². The molecule has 0 saturated carbocycles. The average Bonchev–Trinajstić information content (AvgIpc) is 2.34. The van der Waals surface area contributed by atoms with Crippen molar-refractivity contribution in [1.82, 2.24) is 0 Å². The Labute approximate surface area is 109 Å². The number of hydrogen-bond donors (Lipinski definition) is 0. The molecular formula is C14H20O3Si. The summed E-state index contributed by atoms with van der Waals surface area (Å²) in [6.45, 7) is 6.80. The number of carbonyl (C=O) groups is 1. The first-order valence-corrected chi connectivity index (χ1v) is 9.64. The van der Waals surface area contributed by atoms with E-state index in [9.17, 15) is 4.79 Å². The molecule has 0 saturated heterocycles. The molecule has 0 bridgehead atoms. The predicted octanol–water partition coefficient (Wildman–Crippen LogP) is 4.15. The summed E-state index contributed by atoms with van der Waals surface area (Å²) in [5, 5.41) is 0. The molecule has 0 radical (unpaired) electrons. The van der Waals surface area contributed by atoms with Crippen LogP contribution in [0.5, 0.6) is 0 Å². The van der Waals surface area contributed by atoms with Crippen molar-refractivity contribution in [2.24, 2.45) is 0 Å². The molecule has 0 aromatic heterocycles. The third-order valence-corrected chi connectivity index (χ3v) is 3.75. The van der Waals surface area contributed by atoms with Crippen LogP contribution in [0.1, 0.15) is 5.56 Å². The van der Waals surface area contributed by atoms with Crippen LogP contribution in [0.3, 0.4) is 0 Å². The van der Waals surface area contributed by atoms with Crippen molar-refractivity contribution in [3.63, 3.8) is 0 Å². The second kappa shape index (κ2) is 6.40. The zero-order chi connectivity index (χ0) is 13.6. The number of methoxy groups -OCH3 is 1. The van der Waals surface area contributed by atoms with Gasteiger partial charge in [-0.1, -0.05) is 50.0 Å². The summed E-state index contributed by atoms with van der Waals surface area (Å²) in [7, 11) is 0.0864. The molecule has 0 amide bonds. The zero-order valence-electron chi connectivity index (χ0n) is 11.4. The van der Waals surface area contributed by atoms with Crippen LogP contribution >= 0.6 is 0 Å². The van der Waals surface area contributed by atoms with E-state index in [-0.39, 0.29) is 0 Å². The van der Waals surface area contributed by atoms with Gasteiger partial charge in [0.25, 0.3) is 0 Å². The molecule has 3 nitrogen and oxygen atoms in total. The maximum Gasteiger partial charge on any atom is 0.513 e. The normalized spacial score (nSPS) is 12.1. The Morgan fingerprint density at radius 2 is 1.83 bits per heavy atom. The lowest BCUT2D eigenvalue weighted by Crippen LogP contribution is -2.18. The summed E-state index contributed by atoms with van der Waals surface area (Å²) >= 11 is 0. The van der Waals surface area contributed by atoms with Gasteiger partial charge in [-0.3, -0.25) is 0 Å². The summed E-state index contributed by atoms with van der Waals surface area (Å²) in [6, 6.07) is 10.5. The molecule has 0 aliphatic carbocycles. The van der Waals surface area contributed by atoms with Gasteiger partial charge < -0.3 is 9.47 Å². The summed E-state index contributed by atoms with van der Waals surface area (Å²) in [6.07, 6.45) is 1.30. The highest BCUT2D eigenvalue weighted by molar-refractivity contribution is 6.76. The minimum Gasteiger partial charge on any atom is -0.437 e. The molecule has 98 valence electrons. The lowest BCUT2D eigenvalue weighted by atomic mass is 10.2. The van der Waals surface area contributed by atoms with Gasteiger partial charge in [0.1, 0.15) is 5.76 Å². The van der Waals surface area contributed by atoms with E-state index in [0.29, 0.717) is 5.76 Å². The lowest BCUT2D eigenvalue weighted by molar-refractivity contribution is 0.112. The molecule has 0 aliphatic rings. The monoisotopic (exact) mass is 264 g/mol. The molecule has 0 unspecified atom stereocenters. The van der Waals surface area contributed by atoms with Gasteiger partial charge >= 0.3 is 6.16 Å². The Morgan fingerprint density at radius 1 is 1.22 bits per heavy atom. The minimum absolute atomic E-state index is 0.574. The highest BCUT2D eigenvalue weighted by atomic mass is 28.3. The summed E-state index contributed by atoms with van der Waals surface area (Å²) in [5.74, 6) is 0.574.